The lowest BCUT2D eigenvalue weighted by Crippen LogP contribution is -1.99. The Balaban J connectivity index is 1.33. The van der Waals surface area contributed by atoms with Crippen molar-refractivity contribution in [2.75, 3.05) is 0 Å². The van der Waals surface area contributed by atoms with Crippen molar-refractivity contribution < 1.29 is 46.4 Å². The molecule has 0 heterocycles. The Labute approximate surface area is 317 Å². The fourth-order valence-electron chi connectivity index (χ4n) is 6.78. The van der Waals surface area contributed by atoms with E-state index in [4.69, 9.17) is 0 Å². The minimum atomic E-state index is -4.86. The molecule has 56 heavy (non-hydrogen) atoms. The van der Waals surface area contributed by atoms with Crippen LogP contribution in [0.25, 0.3) is 54.2 Å². The van der Waals surface area contributed by atoms with Crippen molar-refractivity contribution in [2.24, 2.45) is 20.5 Å². The first-order valence-electron chi connectivity index (χ1n) is 16.5. The number of hydrogen-bond donors (Lipinski definition) is 6. The number of aromatic hydroxyl groups is 4. The smallest absolute Gasteiger partial charge is 0.295 e. The summed E-state index contributed by atoms with van der Waals surface area (Å²) in [7, 11) is -9.51. The molecule has 0 saturated carbocycles. The van der Waals surface area contributed by atoms with Crippen LogP contribution in [-0.4, -0.2) is 46.4 Å². The molecule has 8 rings (SSSR count). The second-order valence-electron chi connectivity index (χ2n) is 12.7. The molecule has 0 fully saturated rings. The summed E-state index contributed by atoms with van der Waals surface area (Å²) < 4.78 is 70.2. The fraction of sp³-hybridized carbons (Fsp3) is 0. The van der Waals surface area contributed by atoms with Gasteiger partial charge >= 0.3 is 0 Å². The van der Waals surface area contributed by atoms with E-state index in [0.717, 1.165) is 0 Å². The minimum Gasteiger partial charge on any atom is -0.508 e. The van der Waals surface area contributed by atoms with E-state index < -0.39 is 30.9 Å². The van der Waals surface area contributed by atoms with E-state index in [1.165, 1.54) is 78.9 Å². The highest BCUT2D eigenvalue weighted by Crippen LogP contribution is 2.47. The second kappa shape index (κ2) is 13.4. The van der Waals surface area contributed by atoms with Crippen LogP contribution >= 0.6 is 0 Å². The molecule has 8 aromatic carbocycles. The lowest BCUT2D eigenvalue weighted by molar-refractivity contribution is 0.474. The number of benzene rings is 8. The van der Waals surface area contributed by atoms with Crippen molar-refractivity contribution >= 4 is 86.1 Å². The largest absolute Gasteiger partial charge is 0.508 e. The third kappa shape index (κ3) is 6.37. The predicted molar refractivity (Wildman–Crippen MR) is 209 cm³/mol. The summed E-state index contributed by atoms with van der Waals surface area (Å²) in [5.74, 6) is -0.902. The van der Waals surface area contributed by atoms with E-state index in [1.54, 1.807) is 42.5 Å². The Kier molecular flexibility index (Phi) is 8.62. The number of phenolic OH excluding ortho intramolecular Hbond substituents is 4. The summed E-state index contributed by atoms with van der Waals surface area (Å²) in [4.78, 5) is -0.891. The van der Waals surface area contributed by atoms with Crippen LogP contribution in [0, 0.1) is 0 Å². The van der Waals surface area contributed by atoms with Gasteiger partial charge < -0.3 is 20.4 Å². The van der Waals surface area contributed by atoms with E-state index in [-0.39, 0.29) is 66.4 Å². The fourth-order valence-corrected chi connectivity index (χ4v) is 8.23. The third-order valence-electron chi connectivity index (χ3n) is 9.21. The van der Waals surface area contributed by atoms with Gasteiger partial charge in [-0.2, -0.15) is 16.8 Å². The number of fused-ring (bicyclic) bond motifs is 4. The molecule has 0 saturated heterocycles. The first kappa shape index (κ1) is 36.0. The zero-order valence-electron chi connectivity index (χ0n) is 28.5. The summed E-state index contributed by atoms with van der Waals surface area (Å²) in [5.41, 5.74) is 0.633. The summed E-state index contributed by atoms with van der Waals surface area (Å²) >= 11 is 0. The maximum Gasteiger partial charge on any atom is 0.295 e. The van der Waals surface area contributed by atoms with Crippen molar-refractivity contribution in [1.29, 1.82) is 0 Å². The van der Waals surface area contributed by atoms with Gasteiger partial charge in [-0.15, -0.1) is 20.5 Å². The van der Waals surface area contributed by atoms with E-state index in [9.17, 15) is 46.4 Å². The molecule has 0 bridgehead atoms. The van der Waals surface area contributed by atoms with Gasteiger partial charge in [0.15, 0.2) is 0 Å². The van der Waals surface area contributed by atoms with Gasteiger partial charge in [0.25, 0.3) is 20.2 Å². The van der Waals surface area contributed by atoms with Crippen molar-refractivity contribution in [2.45, 2.75) is 9.79 Å². The van der Waals surface area contributed by atoms with Crippen LogP contribution in [0.4, 0.5) is 22.7 Å². The molecule has 6 N–H and O–H groups in total. The van der Waals surface area contributed by atoms with Crippen LogP contribution in [0.3, 0.4) is 0 Å². The van der Waals surface area contributed by atoms with Crippen LogP contribution < -0.4 is 0 Å². The molecule has 14 nitrogen and oxygen atoms in total. The highest BCUT2D eigenvalue weighted by Gasteiger charge is 2.23. The molecule has 0 radical (unpaired) electrons. The molecule has 0 amide bonds. The Morgan fingerprint density at radius 3 is 1.68 bits per heavy atom. The van der Waals surface area contributed by atoms with Crippen molar-refractivity contribution in [3.05, 3.63) is 121 Å². The molecule has 0 aliphatic carbocycles. The standard InChI is InChI=1S/C40H26N4O10S2/c45-23-12-10-21-11-17-33(47)40(28(21)18-23)44-42-32-16-15-25(26-6-3-9-36(38(26)32)56(52,53)54)30-20-34(48)39(27-14-13-24(46)19-29(27)30)43-41-31-7-1-4-22-5-2-8-35(37(22)31)55(49,50)51/h1-20,45-48H,(H,49,50,51)(H,52,53,54). The molecule has 0 atom stereocenters. The van der Waals surface area contributed by atoms with Gasteiger partial charge in [0.05, 0.1) is 11.4 Å². The van der Waals surface area contributed by atoms with Gasteiger partial charge in [0.1, 0.15) is 44.2 Å². The SMILES string of the molecule is O=S(=O)(O)c1cccc2cccc(N=Nc3c(O)cc(-c4ccc(N=Nc5c(O)ccc6ccc(O)cc56)c5c(S(=O)(=O)O)cccc45)c4cc(O)ccc34)c12. The van der Waals surface area contributed by atoms with E-state index in [0.29, 0.717) is 32.7 Å². The molecule has 16 heteroatoms. The average Bonchev–Trinajstić information content (AvgIpc) is 3.15. The van der Waals surface area contributed by atoms with Crippen LogP contribution in [-0.2, 0) is 20.2 Å². The van der Waals surface area contributed by atoms with Crippen molar-refractivity contribution in [3.8, 4) is 34.1 Å². The first-order chi connectivity index (χ1) is 26.7. The monoisotopic (exact) mass is 786 g/mol. The Bertz CT molecular complexity index is 3250. The molecule has 278 valence electrons. The van der Waals surface area contributed by atoms with Crippen LogP contribution in [0.1, 0.15) is 0 Å². The lowest BCUT2D eigenvalue weighted by Gasteiger charge is -2.15. The topological polar surface area (TPSA) is 239 Å². The lowest BCUT2D eigenvalue weighted by atomic mass is 9.92. The summed E-state index contributed by atoms with van der Waals surface area (Å²) in [6.07, 6.45) is 0. The summed E-state index contributed by atoms with van der Waals surface area (Å²) in [5, 5.41) is 62.3. The quantitative estimate of drug-likeness (QED) is 0.0660. The van der Waals surface area contributed by atoms with Gasteiger partial charge in [-0.1, -0.05) is 54.6 Å². The van der Waals surface area contributed by atoms with E-state index in [1.807, 2.05) is 0 Å². The molecule has 0 aliphatic rings. The maximum atomic E-state index is 12.8. The zero-order chi connectivity index (χ0) is 39.5. The van der Waals surface area contributed by atoms with E-state index >= 15 is 0 Å². The van der Waals surface area contributed by atoms with Crippen LogP contribution in [0.5, 0.6) is 23.0 Å². The average molecular weight is 787 g/mol. The molecular formula is C40H26N4O10S2. The third-order valence-corrected chi connectivity index (χ3v) is 11.0. The van der Waals surface area contributed by atoms with Gasteiger partial charge in [-0.3, -0.25) is 9.11 Å². The summed E-state index contributed by atoms with van der Waals surface area (Å²) in [6, 6.07) is 29.3. The normalized spacial score (nSPS) is 12.5. The van der Waals surface area contributed by atoms with Crippen LogP contribution in [0.2, 0.25) is 0 Å². The predicted octanol–water partition coefficient (Wildman–Crippen LogP) is 10.1. The molecule has 0 unspecified atom stereocenters. The van der Waals surface area contributed by atoms with Crippen molar-refractivity contribution in [1.82, 2.24) is 0 Å². The molecule has 0 aliphatic heterocycles. The Morgan fingerprint density at radius 2 is 0.982 bits per heavy atom. The van der Waals surface area contributed by atoms with Gasteiger partial charge in [0, 0.05) is 21.5 Å². The van der Waals surface area contributed by atoms with Crippen molar-refractivity contribution in [3.63, 3.8) is 0 Å². The number of azo groups is 2. The first-order valence-corrected chi connectivity index (χ1v) is 19.4. The van der Waals surface area contributed by atoms with Crippen LogP contribution in [0.15, 0.2) is 152 Å². The Morgan fingerprint density at radius 1 is 0.411 bits per heavy atom. The van der Waals surface area contributed by atoms with Gasteiger partial charge in [-0.25, -0.2) is 0 Å². The molecular weight excluding hydrogens is 761 g/mol. The molecule has 0 aromatic heterocycles. The molecule has 8 aromatic rings. The highest BCUT2D eigenvalue weighted by molar-refractivity contribution is 7.86. The number of phenols is 4. The molecule has 0 spiro atoms. The van der Waals surface area contributed by atoms with Gasteiger partial charge in [0.2, 0.25) is 0 Å². The second-order valence-corrected chi connectivity index (χ2v) is 15.4. The number of hydrogen-bond acceptors (Lipinski definition) is 12. The number of rotatable bonds is 7. The highest BCUT2D eigenvalue weighted by atomic mass is 32.2. The zero-order valence-corrected chi connectivity index (χ0v) is 30.1. The van der Waals surface area contributed by atoms with Gasteiger partial charge in [-0.05, 0) is 99.4 Å². The maximum absolute atomic E-state index is 12.8. The minimum absolute atomic E-state index is 0.00572. The Hall–Kier alpha value is -6.98. The summed E-state index contributed by atoms with van der Waals surface area (Å²) in [6.45, 7) is 0. The van der Waals surface area contributed by atoms with E-state index in [2.05, 4.69) is 20.5 Å². The number of nitrogens with zero attached hydrogens (tertiary/aromatic N) is 4.